The van der Waals surface area contributed by atoms with Crippen LogP contribution in [0, 0.1) is 16.7 Å². The molecule has 0 saturated heterocycles. The molecule has 0 spiro atoms. The number of hydrogen-bond donors (Lipinski definition) is 2. The number of benzene rings is 1. The van der Waals surface area contributed by atoms with Crippen LogP contribution in [0.25, 0.3) is 5.69 Å². The molecule has 0 bridgehead atoms. The topological polar surface area (TPSA) is 114 Å². The molecular formula is C21H27N7O2. The molecule has 0 fully saturated rings. The van der Waals surface area contributed by atoms with Gasteiger partial charge in [-0.2, -0.15) is 5.10 Å². The lowest BCUT2D eigenvalue weighted by molar-refractivity contribution is 0.454. The fourth-order valence-corrected chi connectivity index (χ4v) is 3.43. The Hall–Kier alpha value is -3.49. The quantitative estimate of drug-likeness (QED) is 0.528. The molecule has 2 N–H and O–H groups in total. The molecule has 1 aromatic carbocycles. The second kappa shape index (κ2) is 8.89. The maximum atomic E-state index is 13.1. The summed E-state index contributed by atoms with van der Waals surface area (Å²) in [6, 6.07) is 9.54. The van der Waals surface area contributed by atoms with E-state index in [1.54, 1.807) is 24.7 Å². The third-order valence-corrected chi connectivity index (χ3v) is 5.02. The Morgan fingerprint density at radius 1 is 1.03 bits per heavy atom. The van der Waals surface area contributed by atoms with E-state index in [4.69, 9.17) is 10.8 Å². The molecule has 0 aliphatic carbocycles. The van der Waals surface area contributed by atoms with Crippen LogP contribution in [0.2, 0.25) is 0 Å². The molecule has 0 unspecified atom stereocenters. The third kappa shape index (κ3) is 4.24. The predicted octanol–water partition coefficient (Wildman–Crippen LogP) is 2.15. The van der Waals surface area contributed by atoms with Crippen LogP contribution in [0.3, 0.4) is 0 Å². The Balaban J connectivity index is 2.01. The number of hydrogen-bond acceptors (Lipinski definition) is 5. The van der Waals surface area contributed by atoms with Crippen molar-refractivity contribution in [2.24, 2.45) is 5.92 Å². The van der Waals surface area contributed by atoms with Gasteiger partial charge in [-0.25, -0.2) is 23.5 Å². The first-order chi connectivity index (χ1) is 14.3. The van der Waals surface area contributed by atoms with Gasteiger partial charge in [-0.1, -0.05) is 37.3 Å². The SMILES string of the molecule is CCCn1c(=O)n(-c2cnn(CC(C(C)=N)C(C)=N)c2)c(=O)n1Cc1ccccc1. The van der Waals surface area contributed by atoms with Gasteiger partial charge in [-0.15, -0.1) is 0 Å². The summed E-state index contributed by atoms with van der Waals surface area (Å²) in [6.07, 6.45) is 3.81. The standard InChI is InChI=1S/C21H27N7O2/c1-4-10-26-20(29)28(21(30)27(26)12-17-8-6-5-7-9-17)18-11-24-25(13-18)14-19(15(2)22)16(3)23/h5-9,11,13,19,22-23H,4,10,12,14H2,1-3H3. The number of aromatic nitrogens is 5. The minimum Gasteiger partial charge on any atom is -0.309 e. The summed E-state index contributed by atoms with van der Waals surface area (Å²) in [4.78, 5) is 26.2. The van der Waals surface area contributed by atoms with Crippen LogP contribution < -0.4 is 11.4 Å². The fraction of sp³-hybridized carbons (Fsp3) is 0.381. The highest BCUT2D eigenvalue weighted by Gasteiger charge is 2.20. The van der Waals surface area contributed by atoms with E-state index < -0.39 is 11.4 Å². The van der Waals surface area contributed by atoms with E-state index in [0.29, 0.717) is 36.7 Å². The molecule has 3 aromatic rings. The van der Waals surface area contributed by atoms with Crippen LogP contribution in [-0.4, -0.2) is 35.1 Å². The van der Waals surface area contributed by atoms with E-state index in [9.17, 15) is 9.59 Å². The highest BCUT2D eigenvalue weighted by atomic mass is 16.2. The lowest BCUT2D eigenvalue weighted by Gasteiger charge is -2.14. The van der Waals surface area contributed by atoms with Crippen LogP contribution in [0.4, 0.5) is 0 Å². The van der Waals surface area contributed by atoms with Crippen LogP contribution in [-0.2, 0) is 19.6 Å². The molecule has 3 rings (SSSR count). The van der Waals surface area contributed by atoms with Gasteiger partial charge in [0.25, 0.3) is 0 Å². The van der Waals surface area contributed by atoms with Gasteiger partial charge in [0.1, 0.15) is 0 Å². The van der Waals surface area contributed by atoms with E-state index in [0.717, 1.165) is 16.6 Å². The fourth-order valence-electron chi connectivity index (χ4n) is 3.43. The van der Waals surface area contributed by atoms with E-state index >= 15 is 0 Å². The molecule has 0 radical (unpaired) electrons. The van der Waals surface area contributed by atoms with Gasteiger partial charge in [0.15, 0.2) is 0 Å². The van der Waals surface area contributed by atoms with E-state index in [1.807, 2.05) is 37.3 Å². The minimum atomic E-state index is -0.417. The minimum absolute atomic E-state index is 0.304. The Morgan fingerprint density at radius 2 is 1.67 bits per heavy atom. The van der Waals surface area contributed by atoms with Crippen LogP contribution in [0.5, 0.6) is 0 Å². The number of rotatable bonds is 9. The molecule has 9 heteroatoms. The van der Waals surface area contributed by atoms with E-state index in [2.05, 4.69) is 5.10 Å². The first-order valence-electron chi connectivity index (χ1n) is 9.93. The maximum absolute atomic E-state index is 13.1. The van der Waals surface area contributed by atoms with Gasteiger partial charge in [0.05, 0.1) is 30.9 Å². The molecule has 0 amide bonds. The van der Waals surface area contributed by atoms with Crippen molar-refractivity contribution in [3.8, 4) is 5.69 Å². The summed E-state index contributed by atoms with van der Waals surface area (Å²) in [5, 5.41) is 20.0. The van der Waals surface area contributed by atoms with Gasteiger partial charge in [-0.3, -0.25) is 4.68 Å². The van der Waals surface area contributed by atoms with Crippen LogP contribution in [0.15, 0.2) is 52.3 Å². The summed E-state index contributed by atoms with van der Waals surface area (Å²) < 4.78 is 5.63. The molecule has 0 aliphatic heterocycles. The molecule has 158 valence electrons. The summed E-state index contributed by atoms with van der Waals surface area (Å²) in [5.41, 5.74) is 1.24. The van der Waals surface area contributed by atoms with Crippen molar-refractivity contribution >= 4 is 11.4 Å². The molecule has 2 aromatic heterocycles. The zero-order valence-corrected chi connectivity index (χ0v) is 17.5. The molecule has 30 heavy (non-hydrogen) atoms. The average Bonchev–Trinajstić information content (AvgIpc) is 3.25. The zero-order chi connectivity index (χ0) is 21.8. The monoisotopic (exact) mass is 409 g/mol. The van der Waals surface area contributed by atoms with Gasteiger partial charge in [0.2, 0.25) is 0 Å². The summed E-state index contributed by atoms with van der Waals surface area (Å²) >= 11 is 0. The number of nitrogens with one attached hydrogen (secondary N) is 2. The normalized spacial score (nSPS) is 12.1. The Labute approximate surface area is 174 Å². The molecule has 0 saturated carbocycles. The smallest absolute Gasteiger partial charge is 0.309 e. The van der Waals surface area contributed by atoms with Gasteiger partial charge in [0, 0.05) is 24.2 Å². The van der Waals surface area contributed by atoms with Gasteiger partial charge in [-0.05, 0) is 25.8 Å². The molecule has 2 heterocycles. The van der Waals surface area contributed by atoms with Crippen molar-refractivity contribution in [3.05, 3.63) is 69.3 Å². The highest BCUT2D eigenvalue weighted by molar-refractivity contribution is 6.02. The average molecular weight is 409 g/mol. The Morgan fingerprint density at radius 3 is 2.27 bits per heavy atom. The van der Waals surface area contributed by atoms with E-state index in [1.165, 1.54) is 15.6 Å². The zero-order valence-electron chi connectivity index (χ0n) is 17.5. The lowest BCUT2D eigenvalue weighted by Crippen LogP contribution is -2.27. The van der Waals surface area contributed by atoms with E-state index in [-0.39, 0.29) is 5.92 Å². The molecular weight excluding hydrogens is 382 g/mol. The van der Waals surface area contributed by atoms with Crippen molar-refractivity contribution in [2.75, 3.05) is 0 Å². The highest BCUT2D eigenvalue weighted by Crippen LogP contribution is 2.09. The summed E-state index contributed by atoms with van der Waals surface area (Å²) in [6.45, 7) is 6.32. The maximum Gasteiger partial charge on any atom is 0.352 e. The predicted molar refractivity (Wildman–Crippen MR) is 116 cm³/mol. The van der Waals surface area contributed by atoms with Crippen molar-refractivity contribution in [1.82, 2.24) is 23.7 Å². The van der Waals surface area contributed by atoms with Crippen LogP contribution >= 0.6 is 0 Å². The third-order valence-electron chi connectivity index (χ3n) is 5.02. The first-order valence-corrected chi connectivity index (χ1v) is 9.93. The summed E-state index contributed by atoms with van der Waals surface area (Å²) in [7, 11) is 0. The van der Waals surface area contributed by atoms with Crippen molar-refractivity contribution in [3.63, 3.8) is 0 Å². The molecule has 0 aliphatic rings. The Kier molecular flexibility index (Phi) is 6.29. The van der Waals surface area contributed by atoms with Gasteiger partial charge >= 0.3 is 11.4 Å². The van der Waals surface area contributed by atoms with Crippen molar-refractivity contribution < 1.29 is 0 Å². The van der Waals surface area contributed by atoms with Crippen molar-refractivity contribution in [2.45, 2.75) is 46.8 Å². The Bertz CT molecular complexity index is 1150. The second-order valence-corrected chi connectivity index (χ2v) is 7.41. The molecule has 0 atom stereocenters. The van der Waals surface area contributed by atoms with Crippen molar-refractivity contribution in [1.29, 1.82) is 10.8 Å². The number of nitrogens with zero attached hydrogens (tertiary/aromatic N) is 5. The first kappa shape index (κ1) is 21.2. The second-order valence-electron chi connectivity index (χ2n) is 7.41. The molecule has 9 nitrogen and oxygen atoms in total. The summed E-state index contributed by atoms with van der Waals surface area (Å²) in [5.74, 6) is -0.367. The van der Waals surface area contributed by atoms with Crippen LogP contribution in [0.1, 0.15) is 32.8 Å². The largest absolute Gasteiger partial charge is 0.352 e. The van der Waals surface area contributed by atoms with Gasteiger partial charge < -0.3 is 10.8 Å². The lowest BCUT2D eigenvalue weighted by atomic mass is 10.00.